The van der Waals surface area contributed by atoms with Gasteiger partial charge < -0.3 is 33.9 Å². The number of hydrogen-bond acceptors (Lipinski definition) is 9. The molecule has 202 valence electrons. The van der Waals surface area contributed by atoms with Gasteiger partial charge in [0.25, 0.3) is 0 Å². The van der Waals surface area contributed by atoms with E-state index in [0.717, 1.165) is 19.6 Å². The molecule has 1 aliphatic heterocycles. The Morgan fingerprint density at radius 2 is 1.63 bits per heavy atom. The number of hydrogen-bond donors (Lipinski definition) is 3. The monoisotopic (exact) mass is 527 g/mol. The number of para-hydroxylation sites is 1. The van der Waals surface area contributed by atoms with Crippen LogP contribution in [0.2, 0.25) is 0 Å². The van der Waals surface area contributed by atoms with Crippen LogP contribution in [0, 0.1) is 0 Å². The number of carboxylic acid groups (broad SMARTS) is 2. The van der Waals surface area contributed by atoms with E-state index in [0.29, 0.717) is 34.6 Å². The fourth-order valence-corrected chi connectivity index (χ4v) is 4.04. The highest BCUT2D eigenvalue weighted by Gasteiger charge is 2.28. The lowest BCUT2D eigenvalue weighted by atomic mass is 10.0. The number of rotatable bonds is 9. The molecule has 38 heavy (non-hydrogen) atoms. The second kappa shape index (κ2) is 13.2. The molecule has 0 unspecified atom stereocenters. The molecule has 0 amide bonds. The van der Waals surface area contributed by atoms with Crippen molar-refractivity contribution in [2.45, 2.75) is 12.8 Å². The third-order valence-electron chi connectivity index (χ3n) is 5.82. The van der Waals surface area contributed by atoms with Crippen LogP contribution in [0.25, 0.3) is 17.0 Å². The van der Waals surface area contributed by atoms with Gasteiger partial charge in [-0.05, 0) is 50.2 Å². The summed E-state index contributed by atoms with van der Waals surface area (Å²) >= 11 is 0. The number of likely N-dealkylation sites (tertiary alicyclic amines) is 1. The van der Waals surface area contributed by atoms with Gasteiger partial charge in [0.2, 0.25) is 5.75 Å². The van der Waals surface area contributed by atoms with Crippen LogP contribution in [-0.2, 0) is 9.59 Å². The van der Waals surface area contributed by atoms with E-state index in [-0.39, 0.29) is 22.8 Å². The summed E-state index contributed by atoms with van der Waals surface area (Å²) in [6.07, 6.45) is 6.87. The topological polar surface area (TPSA) is 156 Å². The fraction of sp³-hybridized carbons (Fsp3) is 0.296. The van der Waals surface area contributed by atoms with Crippen LogP contribution in [0.5, 0.6) is 23.0 Å². The van der Waals surface area contributed by atoms with E-state index < -0.39 is 11.9 Å². The highest BCUT2D eigenvalue weighted by molar-refractivity contribution is 6.27. The minimum absolute atomic E-state index is 0.0912. The number of carbonyl (C=O) groups is 3. The van der Waals surface area contributed by atoms with Gasteiger partial charge in [-0.2, -0.15) is 0 Å². The van der Waals surface area contributed by atoms with E-state index in [1.807, 2.05) is 0 Å². The summed E-state index contributed by atoms with van der Waals surface area (Å²) in [5.74, 6) is -2.89. The third kappa shape index (κ3) is 6.62. The Bertz CT molecular complexity index is 1310. The number of furan rings is 1. The Hall–Kier alpha value is -4.51. The lowest BCUT2D eigenvalue weighted by Gasteiger charge is -2.19. The van der Waals surface area contributed by atoms with Gasteiger partial charge in [-0.3, -0.25) is 9.69 Å². The van der Waals surface area contributed by atoms with Gasteiger partial charge in [-0.15, -0.1) is 0 Å². The van der Waals surface area contributed by atoms with Crippen molar-refractivity contribution < 1.29 is 48.3 Å². The largest absolute Gasteiger partial charge is 0.507 e. The first-order valence-corrected chi connectivity index (χ1v) is 11.7. The van der Waals surface area contributed by atoms with Gasteiger partial charge in [-0.1, -0.05) is 18.2 Å². The molecule has 3 aromatic rings. The van der Waals surface area contributed by atoms with Gasteiger partial charge >= 0.3 is 11.9 Å². The normalized spacial score (nSPS) is 13.2. The van der Waals surface area contributed by atoms with E-state index in [9.17, 15) is 9.90 Å². The van der Waals surface area contributed by atoms with Crippen LogP contribution in [0.3, 0.4) is 0 Å². The number of phenols is 1. The first kappa shape index (κ1) is 28.1. The van der Waals surface area contributed by atoms with E-state index in [1.165, 1.54) is 39.4 Å². The number of nitrogens with zero attached hydrogens (tertiary/aromatic N) is 1. The number of phenolic OH excluding ortho intramolecular Hbond substituents is 1. The molecule has 0 spiro atoms. The minimum atomic E-state index is -1.82. The molecule has 1 aromatic heterocycles. The number of ether oxygens (including phenoxy) is 3. The lowest BCUT2D eigenvalue weighted by molar-refractivity contribution is -0.159. The molecular weight excluding hydrogens is 498 g/mol. The summed E-state index contributed by atoms with van der Waals surface area (Å²) in [6.45, 7) is 3.25. The molecule has 1 saturated heterocycles. The van der Waals surface area contributed by atoms with Crippen LogP contribution in [0.15, 0.2) is 47.1 Å². The van der Waals surface area contributed by atoms with Crippen molar-refractivity contribution >= 4 is 34.8 Å². The van der Waals surface area contributed by atoms with Crippen molar-refractivity contribution in [2.24, 2.45) is 0 Å². The average molecular weight is 528 g/mol. The van der Waals surface area contributed by atoms with Crippen molar-refractivity contribution in [3.8, 4) is 23.0 Å². The number of allylic oxidation sites excluding steroid dienone is 1. The smallest absolute Gasteiger partial charge is 0.414 e. The highest BCUT2D eigenvalue weighted by Crippen LogP contribution is 2.46. The van der Waals surface area contributed by atoms with Crippen LogP contribution in [-0.4, -0.2) is 78.4 Å². The first-order valence-electron chi connectivity index (χ1n) is 11.7. The van der Waals surface area contributed by atoms with E-state index in [4.69, 9.17) is 38.4 Å². The van der Waals surface area contributed by atoms with Gasteiger partial charge in [0, 0.05) is 12.1 Å². The SMILES string of the molecule is COc1c(C(=O)/C=C/c2ccccc2O)c(OCCN2CCCC2)c(OC)c2occc12.O=C(O)C(=O)O. The Balaban J connectivity index is 0.000000599. The maximum atomic E-state index is 13.4. The molecule has 2 aromatic carbocycles. The Kier molecular flexibility index (Phi) is 9.72. The predicted octanol–water partition coefficient (Wildman–Crippen LogP) is 3.68. The van der Waals surface area contributed by atoms with Crippen molar-refractivity contribution in [1.82, 2.24) is 4.90 Å². The number of ketones is 1. The second-order valence-electron chi connectivity index (χ2n) is 8.20. The summed E-state index contributed by atoms with van der Waals surface area (Å²) in [7, 11) is 3.02. The minimum Gasteiger partial charge on any atom is -0.507 e. The number of aromatic hydroxyl groups is 1. The van der Waals surface area contributed by atoms with Crippen LogP contribution in [0.1, 0.15) is 28.8 Å². The number of benzene rings is 2. The molecule has 0 bridgehead atoms. The summed E-state index contributed by atoms with van der Waals surface area (Å²) < 4.78 is 23.0. The van der Waals surface area contributed by atoms with Crippen molar-refractivity contribution in [3.63, 3.8) is 0 Å². The zero-order valence-corrected chi connectivity index (χ0v) is 21.0. The molecule has 0 radical (unpaired) electrons. The molecule has 11 nitrogen and oxygen atoms in total. The maximum absolute atomic E-state index is 13.4. The zero-order chi connectivity index (χ0) is 27.7. The van der Waals surface area contributed by atoms with E-state index >= 15 is 0 Å². The average Bonchev–Trinajstić information content (AvgIpc) is 3.60. The predicted molar refractivity (Wildman–Crippen MR) is 137 cm³/mol. The molecule has 3 N–H and O–H groups in total. The van der Waals surface area contributed by atoms with Gasteiger partial charge in [0.05, 0.1) is 25.9 Å². The molecule has 0 saturated carbocycles. The number of aliphatic carboxylic acids is 2. The Morgan fingerprint density at radius 3 is 2.24 bits per heavy atom. The lowest BCUT2D eigenvalue weighted by Crippen LogP contribution is -2.25. The highest BCUT2D eigenvalue weighted by atomic mass is 16.5. The Morgan fingerprint density at radius 1 is 0.974 bits per heavy atom. The van der Waals surface area contributed by atoms with Crippen molar-refractivity contribution in [3.05, 3.63) is 53.8 Å². The number of carbonyl (C=O) groups excluding carboxylic acids is 1. The molecular formula is C27H29NO10. The number of methoxy groups -OCH3 is 2. The zero-order valence-electron chi connectivity index (χ0n) is 21.0. The molecule has 0 aliphatic carbocycles. The van der Waals surface area contributed by atoms with E-state index in [1.54, 1.807) is 36.4 Å². The molecule has 1 fully saturated rings. The number of carboxylic acids is 2. The summed E-state index contributed by atoms with van der Waals surface area (Å²) in [5.41, 5.74) is 1.25. The quantitative estimate of drug-likeness (QED) is 0.212. The molecule has 4 rings (SSSR count). The van der Waals surface area contributed by atoms with Crippen molar-refractivity contribution in [1.29, 1.82) is 0 Å². The summed E-state index contributed by atoms with van der Waals surface area (Å²) in [4.78, 5) is 33.9. The molecule has 2 heterocycles. The second-order valence-corrected chi connectivity index (χ2v) is 8.20. The van der Waals surface area contributed by atoms with Crippen molar-refractivity contribution in [2.75, 3.05) is 40.5 Å². The summed E-state index contributed by atoms with van der Waals surface area (Å²) in [6, 6.07) is 8.54. The number of fused-ring (bicyclic) bond motifs is 1. The summed E-state index contributed by atoms with van der Waals surface area (Å²) in [5, 5.41) is 25.4. The van der Waals surface area contributed by atoms with Gasteiger partial charge in [0.15, 0.2) is 17.1 Å². The van der Waals surface area contributed by atoms with Crippen LogP contribution >= 0.6 is 0 Å². The Labute approximate surface area is 218 Å². The molecule has 11 heteroatoms. The van der Waals surface area contributed by atoms with Crippen LogP contribution < -0.4 is 14.2 Å². The van der Waals surface area contributed by atoms with Gasteiger partial charge in [0.1, 0.15) is 23.7 Å². The molecule has 0 atom stereocenters. The maximum Gasteiger partial charge on any atom is 0.414 e. The standard InChI is InChI=1S/C25H27NO6.C2H2O4/c1-29-22-18-11-15-31-23(18)25(30-2)24(32-16-14-26-12-5-6-13-26)21(22)20(28)10-9-17-7-3-4-8-19(17)27;3-1(4)2(5)6/h3-4,7-11,15,27H,5-6,12-14,16H2,1-2H3;(H,3,4)(H,5,6)/b10-9+;. The van der Waals surface area contributed by atoms with Gasteiger partial charge in [-0.25, -0.2) is 9.59 Å². The van der Waals surface area contributed by atoms with E-state index in [2.05, 4.69) is 4.90 Å². The first-order chi connectivity index (χ1) is 18.3. The van der Waals surface area contributed by atoms with Crippen LogP contribution in [0.4, 0.5) is 0 Å². The fourth-order valence-electron chi connectivity index (χ4n) is 4.04. The molecule has 1 aliphatic rings. The third-order valence-corrected chi connectivity index (χ3v) is 5.82.